The Morgan fingerprint density at radius 1 is 0.952 bits per heavy atom. The van der Waals surface area contributed by atoms with E-state index in [-0.39, 0.29) is 0 Å². The van der Waals surface area contributed by atoms with Crippen molar-refractivity contribution in [3.05, 3.63) is 64.8 Å². The zero-order valence-electron chi connectivity index (χ0n) is 13.1. The third-order valence-corrected chi connectivity index (χ3v) is 4.11. The number of hydrogen-bond donors (Lipinski definition) is 2. The standard InChI is InChI=1S/C19H22N2/c1-12-9-13(2)19(14(3)10-12)15(4)21-17-5-6-18-16(11-17)7-8-20-18/h5-11,15,20-21H,1-4H3. The Bertz CT molecular complexity index is 760. The normalized spacial score (nSPS) is 12.6. The van der Waals surface area contributed by atoms with Crippen molar-refractivity contribution in [1.29, 1.82) is 0 Å². The Labute approximate surface area is 126 Å². The first-order valence-electron chi connectivity index (χ1n) is 7.46. The predicted octanol–water partition coefficient (Wildman–Crippen LogP) is 5.27. The summed E-state index contributed by atoms with van der Waals surface area (Å²) < 4.78 is 0. The average Bonchev–Trinajstić information content (AvgIpc) is 2.84. The molecule has 1 unspecified atom stereocenters. The average molecular weight is 278 g/mol. The van der Waals surface area contributed by atoms with E-state index >= 15 is 0 Å². The van der Waals surface area contributed by atoms with E-state index in [9.17, 15) is 0 Å². The molecule has 0 fully saturated rings. The number of H-pyrrole nitrogens is 1. The molecule has 0 aliphatic heterocycles. The lowest BCUT2D eigenvalue weighted by Crippen LogP contribution is -2.10. The number of aryl methyl sites for hydroxylation is 3. The van der Waals surface area contributed by atoms with Crippen molar-refractivity contribution in [2.45, 2.75) is 33.7 Å². The second-order valence-corrected chi connectivity index (χ2v) is 5.96. The molecule has 0 aliphatic rings. The summed E-state index contributed by atoms with van der Waals surface area (Å²) in [6.45, 7) is 8.78. The maximum absolute atomic E-state index is 3.63. The molecule has 3 rings (SSSR count). The van der Waals surface area contributed by atoms with E-state index in [1.165, 1.54) is 33.2 Å². The minimum Gasteiger partial charge on any atom is -0.378 e. The van der Waals surface area contributed by atoms with Crippen molar-refractivity contribution in [3.8, 4) is 0 Å². The molecule has 0 radical (unpaired) electrons. The molecule has 2 aromatic carbocycles. The zero-order valence-corrected chi connectivity index (χ0v) is 13.1. The SMILES string of the molecule is Cc1cc(C)c(C(C)Nc2ccc3[nH]ccc3c2)c(C)c1. The maximum atomic E-state index is 3.63. The van der Waals surface area contributed by atoms with Gasteiger partial charge >= 0.3 is 0 Å². The number of hydrogen-bond acceptors (Lipinski definition) is 1. The number of rotatable bonds is 3. The number of nitrogens with one attached hydrogen (secondary N) is 2. The largest absolute Gasteiger partial charge is 0.378 e. The summed E-state index contributed by atoms with van der Waals surface area (Å²) in [4.78, 5) is 3.23. The van der Waals surface area contributed by atoms with Gasteiger partial charge in [0.2, 0.25) is 0 Å². The van der Waals surface area contributed by atoms with Gasteiger partial charge in [0.05, 0.1) is 0 Å². The summed E-state index contributed by atoms with van der Waals surface area (Å²) in [7, 11) is 0. The Morgan fingerprint density at radius 3 is 2.38 bits per heavy atom. The van der Waals surface area contributed by atoms with Gasteiger partial charge in [-0.15, -0.1) is 0 Å². The Hall–Kier alpha value is -2.22. The quantitative estimate of drug-likeness (QED) is 0.671. The Balaban J connectivity index is 1.90. The first kappa shape index (κ1) is 13.7. The zero-order chi connectivity index (χ0) is 15.0. The number of anilines is 1. The van der Waals surface area contributed by atoms with E-state index < -0.39 is 0 Å². The van der Waals surface area contributed by atoms with Crippen LogP contribution in [0.1, 0.15) is 35.2 Å². The number of fused-ring (bicyclic) bond motifs is 1. The van der Waals surface area contributed by atoms with E-state index in [4.69, 9.17) is 0 Å². The van der Waals surface area contributed by atoms with Crippen molar-refractivity contribution < 1.29 is 0 Å². The lowest BCUT2D eigenvalue weighted by Gasteiger charge is -2.21. The topological polar surface area (TPSA) is 27.8 Å². The number of aromatic amines is 1. The van der Waals surface area contributed by atoms with Crippen LogP contribution in [0.3, 0.4) is 0 Å². The molecule has 2 heteroatoms. The van der Waals surface area contributed by atoms with Crippen LogP contribution in [0.15, 0.2) is 42.6 Å². The fourth-order valence-corrected chi connectivity index (χ4v) is 3.34. The van der Waals surface area contributed by atoms with Crippen molar-refractivity contribution in [2.75, 3.05) is 5.32 Å². The highest BCUT2D eigenvalue weighted by Gasteiger charge is 2.12. The molecule has 1 heterocycles. The predicted molar refractivity (Wildman–Crippen MR) is 91.0 cm³/mol. The van der Waals surface area contributed by atoms with Crippen LogP contribution in [0, 0.1) is 20.8 Å². The third-order valence-electron chi connectivity index (χ3n) is 4.11. The fourth-order valence-electron chi connectivity index (χ4n) is 3.34. The van der Waals surface area contributed by atoms with Gasteiger partial charge in [0.25, 0.3) is 0 Å². The molecular weight excluding hydrogens is 256 g/mol. The first-order valence-corrected chi connectivity index (χ1v) is 7.46. The molecule has 21 heavy (non-hydrogen) atoms. The molecule has 2 N–H and O–H groups in total. The van der Waals surface area contributed by atoms with Crippen molar-refractivity contribution in [1.82, 2.24) is 4.98 Å². The van der Waals surface area contributed by atoms with Crippen LogP contribution in [0.25, 0.3) is 10.9 Å². The summed E-state index contributed by atoms with van der Waals surface area (Å²) in [5.74, 6) is 0. The Kier molecular flexibility index (Phi) is 3.46. The van der Waals surface area contributed by atoms with Gasteiger partial charge in [-0.25, -0.2) is 0 Å². The van der Waals surface area contributed by atoms with Gasteiger partial charge in [-0.05, 0) is 68.7 Å². The van der Waals surface area contributed by atoms with Crippen LogP contribution < -0.4 is 5.32 Å². The van der Waals surface area contributed by atoms with Crippen LogP contribution in [0.4, 0.5) is 5.69 Å². The summed E-state index contributed by atoms with van der Waals surface area (Å²) in [5.41, 5.74) is 7.78. The summed E-state index contributed by atoms with van der Waals surface area (Å²) in [6.07, 6.45) is 1.98. The molecule has 0 amide bonds. The smallest absolute Gasteiger partial charge is 0.0490 e. The minimum atomic E-state index is 0.294. The van der Waals surface area contributed by atoms with E-state index in [0.717, 1.165) is 5.69 Å². The van der Waals surface area contributed by atoms with Gasteiger partial charge in [-0.1, -0.05) is 17.7 Å². The van der Waals surface area contributed by atoms with Crippen LogP contribution >= 0.6 is 0 Å². The highest BCUT2D eigenvalue weighted by Crippen LogP contribution is 2.27. The highest BCUT2D eigenvalue weighted by molar-refractivity contribution is 5.83. The minimum absolute atomic E-state index is 0.294. The molecule has 0 saturated carbocycles. The van der Waals surface area contributed by atoms with Crippen LogP contribution in [-0.4, -0.2) is 4.98 Å². The van der Waals surface area contributed by atoms with E-state index in [2.05, 4.69) is 74.4 Å². The Morgan fingerprint density at radius 2 is 1.67 bits per heavy atom. The van der Waals surface area contributed by atoms with Crippen LogP contribution in [0.5, 0.6) is 0 Å². The first-order chi connectivity index (χ1) is 10.0. The van der Waals surface area contributed by atoms with Crippen molar-refractivity contribution in [2.24, 2.45) is 0 Å². The lowest BCUT2D eigenvalue weighted by atomic mass is 9.94. The van der Waals surface area contributed by atoms with Gasteiger partial charge in [-0.2, -0.15) is 0 Å². The number of aromatic nitrogens is 1. The van der Waals surface area contributed by atoms with Gasteiger partial charge in [-0.3, -0.25) is 0 Å². The molecule has 0 saturated heterocycles. The van der Waals surface area contributed by atoms with Crippen LogP contribution in [0.2, 0.25) is 0 Å². The van der Waals surface area contributed by atoms with Crippen LogP contribution in [-0.2, 0) is 0 Å². The van der Waals surface area contributed by atoms with Crippen molar-refractivity contribution in [3.63, 3.8) is 0 Å². The van der Waals surface area contributed by atoms with Gasteiger partial charge in [0.1, 0.15) is 0 Å². The van der Waals surface area contributed by atoms with Crippen molar-refractivity contribution >= 4 is 16.6 Å². The monoisotopic (exact) mass is 278 g/mol. The molecule has 0 aliphatic carbocycles. The van der Waals surface area contributed by atoms with Gasteiger partial charge in [0.15, 0.2) is 0 Å². The molecule has 0 spiro atoms. The molecular formula is C19H22N2. The summed E-state index contributed by atoms with van der Waals surface area (Å²) >= 11 is 0. The molecule has 3 aromatic rings. The highest BCUT2D eigenvalue weighted by atomic mass is 14.9. The molecule has 1 atom stereocenters. The molecule has 0 bridgehead atoms. The summed E-state index contributed by atoms with van der Waals surface area (Å²) in [5, 5.41) is 4.87. The molecule has 1 aromatic heterocycles. The maximum Gasteiger partial charge on any atom is 0.0490 e. The third kappa shape index (κ3) is 2.66. The van der Waals surface area contributed by atoms with E-state index in [1.54, 1.807) is 0 Å². The van der Waals surface area contributed by atoms with Gasteiger partial charge in [0, 0.05) is 28.8 Å². The second kappa shape index (κ2) is 5.28. The molecule has 2 nitrogen and oxygen atoms in total. The lowest BCUT2D eigenvalue weighted by molar-refractivity contribution is 0.862. The van der Waals surface area contributed by atoms with Gasteiger partial charge < -0.3 is 10.3 Å². The molecule has 108 valence electrons. The summed E-state index contributed by atoms with van der Waals surface area (Å²) in [6, 6.07) is 13.4. The van der Waals surface area contributed by atoms with E-state index in [1.807, 2.05) is 6.20 Å². The fraction of sp³-hybridized carbons (Fsp3) is 0.263. The number of benzene rings is 2. The second-order valence-electron chi connectivity index (χ2n) is 5.96. The van der Waals surface area contributed by atoms with E-state index in [0.29, 0.717) is 6.04 Å².